The molecule has 2 amide bonds. The highest BCUT2D eigenvalue weighted by Gasteiger charge is 2.51. The number of carbonyl (C=O) groups excluding carboxylic acids is 1. The number of benzene rings is 2. The molecule has 0 radical (unpaired) electrons. The summed E-state index contributed by atoms with van der Waals surface area (Å²) in [6.45, 7) is 5.41. The molecule has 2 aliphatic rings. The largest absolute Gasteiger partial charge is 0.358 e. The first-order valence-electron chi connectivity index (χ1n) is 10.2. The van der Waals surface area contributed by atoms with Gasteiger partial charge in [0.15, 0.2) is 0 Å². The summed E-state index contributed by atoms with van der Waals surface area (Å²) in [5.74, 6) is 0. The molecule has 0 unspecified atom stereocenters. The van der Waals surface area contributed by atoms with Crippen molar-refractivity contribution in [1.29, 1.82) is 0 Å². The van der Waals surface area contributed by atoms with Crippen LogP contribution in [0.4, 0.5) is 10.5 Å². The minimum absolute atomic E-state index is 0.183. The van der Waals surface area contributed by atoms with E-state index in [9.17, 15) is 13.2 Å². The van der Waals surface area contributed by atoms with Gasteiger partial charge in [0.1, 0.15) is 5.72 Å². The summed E-state index contributed by atoms with van der Waals surface area (Å²) < 4.78 is 34.2. The van der Waals surface area contributed by atoms with E-state index < -0.39 is 15.7 Å². The number of urea groups is 1. The highest BCUT2D eigenvalue weighted by atomic mass is 32.2. The second-order valence-electron chi connectivity index (χ2n) is 7.90. The lowest BCUT2D eigenvalue weighted by Crippen LogP contribution is -2.56. The van der Waals surface area contributed by atoms with Crippen molar-refractivity contribution in [3.05, 3.63) is 59.7 Å². The fourth-order valence-electron chi connectivity index (χ4n) is 4.11. The number of carbonyl (C=O) groups is 1. The first-order valence-corrected chi connectivity index (χ1v) is 11.6. The van der Waals surface area contributed by atoms with E-state index in [1.807, 2.05) is 50.2 Å². The fourth-order valence-corrected chi connectivity index (χ4v) is 5.92. The van der Waals surface area contributed by atoms with Crippen LogP contribution >= 0.6 is 0 Å². The van der Waals surface area contributed by atoms with Crippen LogP contribution in [0.3, 0.4) is 0 Å². The summed E-state index contributed by atoms with van der Waals surface area (Å²) in [5, 5.41) is 2.88. The van der Waals surface area contributed by atoms with Crippen LogP contribution in [0.1, 0.15) is 24.0 Å². The molecule has 4 rings (SSSR count). The van der Waals surface area contributed by atoms with E-state index in [0.29, 0.717) is 44.0 Å². The minimum Gasteiger partial charge on any atom is -0.358 e. The number of aryl methyl sites for hydroxylation is 2. The molecule has 0 aromatic heterocycles. The Morgan fingerprint density at radius 2 is 1.70 bits per heavy atom. The lowest BCUT2D eigenvalue weighted by atomic mass is 10.0. The van der Waals surface area contributed by atoms with Crippen molar-refractivity contribution in [3.63, 3.8) is 0 Å². The topological polar surface area (TPSA) is 79.0 Å². The fraction of sp³-hybridized carbons (Fsp3) is 0.409. The third-order valence-electron chi connectivity index (χ3n) is 6.04. The lowest BCUT2D eigenvalue weighted by Gasteiger charge is -2.42. The summed E-state index contributed by atoms with van der Waals surface area (Å²) in [6, 6.07) is 14.3. The van der Waals surface area contributed by atoms with Crippen LogP contribution in [0.5, 0.6) is 0 Å². The maximum Gasteiger partial charge on any atom is 0.321 e. The van der Waals surface area contributed by atoms with E-state index in [1.165, 1.54) is 4.31 Å². The van der Waals surface area contributed by atoms with Gasteiger partial charge in [-0.3, -0.25) is 0 Å². The average Bonchev–Trinajstić information content (AvgIpc) is 3.15. The average molecular weight is 430 g/mol. The zero-order chi connectivity index (χ0) is 21.4. The number of ether oxygens (including phenoxy) is 1. The Labute approximate surface area is 177 Å². The summed E-state index contributed by atoms with van der Waals surface area (Å²) in [6.07, 6.45) is 0.887. The molecule has 2 fully saturated rings. The SMILES string of the molecule is Cc1ccc(S(=O)(=O)N2CCOC23CCN(C(=O)Nc2ccccc2)CC3)cc1C. The second kappa shape index (κ2) is 8.02. The Balaban J connectivity index is 1.48. The van der Waals surface area contributed by atoms with Gasteiger partial charge < -0.3 is 15.0 Å². The Morgan fingerprint density at radius 1 is 1.00 bits per heavy atom. The third-order valence-corrected chi connectivity index (χ3v) is 7.99. The first-order chi connectivity index (χ1) is 14.3. The van der Waals surface area contributed by atoms with E-state index in [-0.39, 0.29) is 6.03 Å². The summed E-state index contributed by atoms with van der Waals surface area (Å²) in [5.41, 5.74) is 1.84. The van der Waals surface area contributed by atoms with E-state index in [0.717, 1.165) is 16.8 Å². The van der Waals surface area contributed by atoms with Gasteiger partial charge in [-0.1, -0.05) is 24.3 Å². The number of amides is 2. The van der Waals surface area contributed by atoms with Gasteiger partial charge in [0.2, 0.25) is 10.0 Å². The number of nitrogens with zero attached hydrogens (tertiary/aromatic N) is 2. The van der Waals surface area contributed by atoms with E-state index in [4.69, 9.17) is 4.74 Å². The Kier molecular flexibility index (Phi) is 5.57. The molecule has 1 N–H and O–H groups in total. The molecule has 160 valence electrons. The van der Waals surface area contributed by atoms with Crippen molar-refractivity contribution in [1.82, 2.24) is 9.21 Å². The van der Waals surface area contributed by atoms with Crippen LogP contribution < -0.4 is 5.32 Å². The Bertz CT molecular complexity index is 1030. The third kappa shape index (κ3) is 3.82. The molecule has 7 nitrogen and oxygen atoms in total. The van der Waals surface area contributed by atoms with Gasteiger partial charge in [-0.25, -0.2) is 13.2 Å². The number of hydrogen-bond donors (Lipinski definition) is 1. The van der Waals surface area contributed by atoms with Crippen LogP contribution in [0, 0.1) is 13.8 Å². The smallest absolute Gasteiger partial charge is 0.321 e. The summed E-state index contributed by atoms with van der Waals surface area (Å²) >= 11 is 0. The molecule has 0 atom stereocenters. The van der Waals surface area contributed by atoms with E-state index in [2.05, 4.69) is 5.32 Å². The van der Waals surface area contributed by atoms with Gasteiger partial charge in [0, 0.05) is 38.2 Å². The molecular formula is C22H27N3O4S. The minimum atomic E-state index is -3.68. The molecule has 1 spiro atoms. The van der Waals surface area contributed by atoms with Crippen LogP contribution in [-0.2, 0) is 14.8 Å². The molecule has 30 heavy (non-hydrogen) atoms. The molecule has 2 aromatic rings. The van der Waals surface area contributed by atoms with E-state index >= 15 is 0 Å². The normalized spacial score (nSPS) is 19.2. The van der Waals surface area contributed by atoms with Crippen molar-refractivity contribution in [3.8, 4) is 0 Å². The number of nitrogens with one attached hydrogen (secondary N) is 1. The van der Waals surface area contributed by atoms with Crippen LogP contribution in [-0.4, -0.2) is 55.6 Å². The highest BCUT2D eigenvalue weighted by molar-refractivity contribution is 7.89. The predicted molar refractivity (Wildman–Crippen MR) is 115 cm³/mol. The molecule has 0 saturated carbocycles. The van der Waals surface area contributed by atoms with Gasteiger partial charge in [0.05, 0.1) is 11.5 Å². The number of para-hydroxylation sites is 1. The molecular weight excluding hydrogens is 402 g/mol. The number of anilines is 1. The second-order valence-corrected chi connectivity index (χ2v) is 9.76. The molecule has 2 aliphatic heterocycles. The number of hydrogen-bond acceptors (Lipinski definition) is 4. The summed E-state index contributed by atoms with van der Waals surface area (Å²) in [7, 11) is -3.68. The summed E-state index contributed by atoms with van der Waals surface area (Å²) in [4.78, 5) is 14.6. The standard InChI is InChI=1S/C22H27N3O4S/c1-17-8-9-20(16-18(17)2)30(27,28)25-14-15-29-22(25)10-12-24(13-11-22)21(26)23-19-6-4-3-5-7-19/h3-9,16H,10-15H2,1-2H3,(H,23,26). The van der Waals surface area contributed by atoms with Crippen LogP contribution in [0.25, 0.3) is 0 Å². The van der Waals surface area contributed by atoms with E-state index in [1.54, 1.807) is 17.0 Å². The van der Waals surface area contributed by atoms with Crippen molar-refractivity contribution in [2.45, 2.75) is 37.3 Å². The lowest BCUT2D eigenvalue weighted by molar-refractivity contribution is -0.0840. The maximum atomic E-state index is 13.4. The molecule has 0 aliphatic carbocycles. The number of piperidine rings is 1. The molecule has 0 bridgehead atoms. The molecule has 8 heteroatoms. The molecule has 2 aromatic carbocycles. The monoisotopic (exact) mass is 429 g/mol. The molecule has 2 saturated heterocycles. The quantitative estimate of drug-likeness (QED) is 0.812. The Hall–Kier alpha value is -2.42. The predicted octanol–water partition coefficient (Wildman–Crippen LogP) is 3.35. The van der Waals surface area contributed by atoms with Gasteiger partial charge in [0.25, 0.3) is 0 Å². The van der Waals surface area contributed by atoms with Crippen molar-refractivity contribution >= 4 is 21.7 Å². The zero-order valence-electron chi connectivity index (χ0n) is 17.3. The van der Waals surface area contributed by atoms with Gasteiger partial charge in [-0.15, -0.1) is 0 Å². The van der Waals surface area contributed by atoms with Crippen LogP contribution in [0.2, 0.25) is 0 Å². The Morgan fingerprint density at radius 3 is 2.37 bits per heavy atom. The zero-order valence-corrected chi connectivity index (χ0v) is 18.1. The maximum absolute atomic E-state index is 13.4. The van der Waals surface area contributed by atoms with Gasteiger partial charge >= 0.3 is 6.03 Å². The van der Waals surface area contributed by atoms with Gasteiger partial charge in [-0.2, -0.15) is 4.31 Å². The number of likely N-dealkylation sites (tertiary alicyclic amines) is 1. The highest BCUT2D eigenvalue weighted by Crippen LogP contribution is 2.38. The van der Waals surface area contributed by atoms with Crippen molar-refractivity contribution in [2.75, 3.05) is 31.6 Å². The molecule has 2 heterocycles. The number of sulfonamides is 1. The first kappa shape index (κ1) is 20.8. The number of rotatable bonds is 3. The van der Waals surface area contributed by atoms with Gasteiger partial charge in [-0.05, 0) is 49.2 Å². The van der Waals surface area contributed by atoms with Crippen molar-refractivity contribution < 1.29 is 17.9 Å². The van der Waals surface area contributed by atoms with Crippen molar-refractivity contribution in [2.24, 2.45) is 0 Å². The van der Waals surface area contributed by atoms with Crippen LogP contribution in [0.15, 0.2) is 53.4 Å².